The van der Waals surface area contributed by atoms with Crippen molar-refractivity contribution < 1.29 is 9.13 Å². The van der Waals surface area contributed by atoms with Crippen molar-refractivity contribution in [1.82, 2.24) is 0 Å². The minimum Gasteiger partial charge on any atom is -0.458 e. The summed E-state index contributed by atoms with van der Waals surface area (Å²) in [6, 6.07) is 6.01. The van der Waals surface area contributed by atoms with E-state index in [1.54, 1.807) is 12.1 Å². The molecular formula is C16H23FO. The fourth-order valence-electron chi connectivity index (χ4n) is 1.26. The van der Waals surface area contributed by atoms with Gasteiger partial charge in [-0.05, 0) is 49.3 Å². The normalized spacial score (nSPS) is 11.4. The van der Waals surface area contributed by atoms with E-state index in [2.05, 4.69) is 13.8 Å². The Balaban J connectivity index is 0.00000137. The predicted molar refractivity (Wildman–Crippen MR) is 76.1 cm³/mol. The van der Waals surface area contributed by atoms with Gasteiger partial charge in [-0.2, -0.15) is 0 Å². The lowest BCUT2D eigenvalue weighted by molar-refractivity contribution is 0.436. The second-order valence-electron chi connectivity index (χ2n) is 3.87. The van der Waals surface area contributed by atoms with Gasteiger partial charge in [0.2, 0.25) is 0 Å². The van der Waals surface area contributed by atoms with Crippen molar-refractivity contribution in [3.8, 4) is 5.75 Å². The quantitative estimate of drug-likeness (QED) is 0.517. The summed E-state index contributed by atoms with van der Waals surface area (Å²) < 4.78 is 18.3. The number of hydrogen-bond acceptors (Lipinski definition) is 1. The first-order valence-corrected chi connectivity index (χ1v) is 6.39. The molecule has 0 amide bonds. The first-order valence-electron chi connectivity index (χ1n) is 6.39. The SMILES string of the molecule is C/C=C\C(=C/C(C)C)Oc1ccc(F)cc1.CC. The monoisotopic (exact) mass is 250 g/mol. The van der Waals surface area contributed by atoms with Gasteiger partial charge in [0, 0.05) is 0 Å². The molecule has 0 radical (unpaired) electrons. The lowest BCUT2D eigenvalue weighted by Crippen LogP contribution is -1.95. The molecule has 0 aliphatic rings. The summed E-state index contributed by atoms with van der Waals surface area (Å²) in [5.74, 6) is 1.58. The van der Waals surface area contributed by atoms with Gasteiger partial charge < -0.3 is 4.74 Å². The summed E-state index contributed by atoms with van der Waals surface area (Å²) in [5.41, 5.74) is 0. The predicted octanol–water partition coefficient (Wildman–Crippen LogP) is 5.35. The first kappa shape index (κ1) is 16.4. The van der Waals surface area contributed by atoms with Crippen LogP contribution < -0.4 is 4.74 Å². The standard InChI is InChI=1S/C14H17FO.C2H6/c1-4-5-14(10-11(2)3)16-13-8-6-12(15)7-9-13;1-2/h4-11H,1-3H3;1-2H3/b5-4-,14-10+;. The van der Waals surface area contributed by atoms with Gasteiger partial charge >= 0.3 is 0 Å². The summed E-state index contributed by atoms with van der Waals surface area (Å²) in [5, 5.41) is 0. The van der Waals surface area contributed by atoms with Gasteiger partial charge in [-0.1, -0.05) is 33.8 Å². The molecule has 0 bridgehead atoms. The van der Waals surface area contributed by atoms with E-state index in [1.165, 1.54) is 12.1 Å². The number of hydrogen-bond donors (Lipinski definition) is 0. The molecular weight excluding hydrogens is 227 g/mol. The second kappa shape index (κ2) is 9.46. The maximum Gasteiger partial charge on any atom is 0.127 e. The van der Waals surface area contributed by atoms with Crippen molar-refractivity contribution in [2.45, 2.75) is 34.6 Å². The van der Waals surface area contributed by atoms with E-state index < -0.39 is 0 Å². The number of halogens is 1. The molecule has 0 fully saturated rings. The maximum absolute atomic E-state index is 12.7. The second-order valence-corrected chi connectivity index (χ2v) is 3.87. The third-order valence-electron chi connectivity index (χ3n) is 1.88. The Morgan fingerprint density at radius 1 is 1.17 bits per heavy atom. The average Bonchev–Trinajstić information content (AvgIpc) is 2.34. The Bertz CT molecular complexity index is 375. The summed E-state index contributed by atoms with van der Waals surface area (Å²) in [6.07, 6.45) is 5.82. The third-order valence-corrected chi connectivity index (χ3v) is 1.88. The van der Waals surface area contributed by atoms with Crippen LogP contribution in [-0.2, 0) is 0 Å². The molecule has 0 N–H and O–H groups in total. The molecule has 0 unspecified atom stereocenters. The summed E-state index contributed by atoms with van der Waals surface area (Å²) in [6.45, 7) is 10.1. The van der Waals surface area contributed by atoms with Crippen LogP contribution in [0.3, 0.4) is 0 Å². The molecule has 0 aliphatic carbocycles. The highest BCUT2D eigenvalue weighted by molar-refractivity contribution is 5.27. The van der Waals surface area contributed by atoms with E-state index in [0.29, 0.717) is 11.7 Å². The van der Waals surface area contributed by atoms with Crippen molar-refractivity contribution in [2.75, 3.05) is 0 Å². The van der Waals surface area contributed by atoms with Crippen LogP contribution >= 0.6 is 0 Å². The van der Waals surface area contributed by atoms with Gasteiger partial charge in [-0.15, -0.1) is 0 Å². The molecule has 0 saturated heterocycles. The minimum absolute atomic E-state index is 0.257. The van der Waals surface area contributed by atoms with Gasteiger partial charge in [0.25, 0.3) is 0 Å². The topological polar surface area (TPSA) is 9.23 Å². The van der Waals surface area contributed by atoms with Crippen LogP contribution in [0.1, 0.15) is 34.6 Å². The smallest absolute Gasteiger partial charge is 0.127 e. The van der Waals surface area contributed by atoms with E-state index in [1.807, 2.05) is 39.0 Å². The molecule has 2 heteroatoms. The van der Waals surface area contributed by atoms with Crippen LogP contribution in [0.15, 0.2) is 48.3 Å². The molecule has 0 atom stereocenters. The maximum atomic E-state index is 12.7. The molecule has 0 aromatic heterocycles. The highest BCUT2D eigenvalue weighted by Gasteiger charge is 1.99. The Morgan fingerprint density at radius 2 is 1.72 bits per heavy atom. The zero-order chi connectivity index (χ0) is 14.0. The van der Waals surface area contributed by atoms with Crippen LogP contribution in [0, 0.1) is 11.7 Å². The van der Waals surface area contributed by atoms with Crippen LogP contribution in [0.2, 0.25) is 0 Å². The Kier molecular flexibility index (Phi) is 8.63. The van der Waals surface area contributed by atoms with Crippen LogP contribution in [0.5, 0.6) is 5.75 Å². The molecule has 0 heterocycles. The lowest BCUT2D eigenvalue weighted by atomic mass is 10.2. The number of ether oxygens (including phenoxy) is 1. The minimum atomic E-state index is -0.257. The molecule has 1 rings (SSSR count). The molecule has 0 spiro atoms. The Labute approximate surface area is 110 Å². The zero-order valence-corrected chi connectivity index (χ0v) is 11.9. The summed E-state index contributed by atoms with van der Waals surface area (Å²) in [7, 11) is 0. The Morgan fingerprint density at radius 3 is 2.17 bits per heavy atom. The third kappa shape index (κ3) is 6.89. The molecule has 1 aromatic carbocycles. The van der Waals surface area contributed by atoms with E-state index in [9.17, 15) is 4.39 Å². The molecule has 1 nitrogen and oxygen atoms in total. The van der Waals surface area contributed by atoms with Crippen molar-refractivity contribution in [1.29, 1.82) is 0 Å². The molecule has 0 aliphatic heterocycles. The number of allylic oxidation sites excluding steroid dienone is 3. The van der Waals surface area contributed by atoms with Crippen molar-refractivity contribution in [2.24, 2.45) is 5.92 Å². The largest absolute Gasteiger partial charge is 0.458 e. The van der Waals surface area contributed by atoms with Gasteiger partial charge in [0.15, 0.2) is 0 Å². The lowest BCUT2D eigenvalue weighted by Gasteiger charge is -2.07. The van der Waals surface area contributed by atoms with E-state index in [0.717, 1.165) is 5.76 Å². The van der Waals surface area contributed by atoms with Crippen molar-refractivity contribution in [3.05, 3.63) is 54.1 Å². The van der Waals surface area contributed by atoms with Crippen LogP contribution in [0.4, 0.5) is 4.39 Å². The summed E-state index contributed by atoms with van der Waals surface area (Å²) >= 11 is 0. The molecule has 0 saturated carbocycles. The van der Waals surface area contributed by atoms with E-state index >= 15 is 0 Å². The van der Waals surface area contributed by atoms with Gasteiger partial charge in [0.05, 0.1) is 0 Å². The fraction of sp³-hybridized carbons (Fsp3) is 0.375. The first-order chi connectivity index (χ1) is 8.61. The number of benzene rings is 1. The molecule has 100 valence electrons. The molecule has 1 aromatic rings. The highest BCUT2D eigenvalue weighted by atomic mass is 19.1. The Hall–Kier alpha value is -1.57. The van der Waals surface area contributed by atoms with Gasteiger partial charge in [-0.3, -0.25) is 0 Å². The zero-order valence-electron chi connectivity index (χ0n) is 11.9. The van der Waals surface area contributed by atoms with Crippen molar-refractivity contribution >= 4 is 0 Å². The number of rotatable bonds is 4. The highest BCUT2D eigenvalue weighted by Crippen LogP contribution is 2.16. The van der Waals surface area contributed by atoms with Crippen LogP contribution in [-0.4, -0.2) is 0 Å². The average molecular weight is 250 g/mol. The van der Waals surface area contributed by atoms with Crippen LogP contribution in [0.25, 0.3) is 0 Å². The van der Waals surface area contributed by atoms with Gasteiger partial charge in [-0.25, -0.2) is 4.39 Å². The fourth-order valence-corrected chi connectivity index (χ4v) is 1.26. The van der Waals surface area contributed by atoms with Crippen molar-refractivity contribution in [3.63, 3.8) is 0 Å². The summed E-state index contributed by atoms with van der Waals surface area (Å²) in [4.78, 5) is 0. The van der Waals surface area contributed by atoms with E-state index in [4.69, 9.17) is 4.74 Å². The van der Waals surface area contributed by atoms with Gasteiger partial charge in [0.1, 0.15) is 17.3 Å². The van der Waals surface area contributed by atoms with E-state index in [-0.39, 0.29) is 5.82 Å². The molecule has 18 heavy (non-hydrogen) atoms.